The Morgan fingerprint density at radius 2 is 0.703 bits per heavy atom. The molecule has 1 aliphatic rings. The molecule has 37 heavy (non-hydrogen) atoms. The molecule has 0 aliphatic carbocycles. The van der Waals surface area contributed by atoms with Crippen LogP contribution in [0.3, 0.4) is 0 Å². The van der Waals surface area contributed by atoms with Crippen molar-refractivity contribution in [2.75, 3.05) is 0 Å². The summed E-state index contributed by atoms with van der Waals surface area (Å²) in [6, 6.07) is 55.3. The van der Waals surface area contributed by atoms with Gasteiger partial charge in [0, 0.05) is 0 Å². The van der Waals surface area contributed by atoms with Gasteiger partial charge in [0.25, 0.3) is 0 Å². The highest BCUT2D eigenvalue weighted by Gasteiger charge is 2.32. The molecule has 0 nitrogen and oxygen atoms in total. The smallest absolute Gasteiger partial charge is 0.0686 e. The molecule has 6 aromatic rings. The predicted molar refractivity (Wildman–Crippen MR) is 159 cm³/mol. The van der Waals surface area contributed by atoms with Gasteiger partial charge in [-0.15, -0.1) is 0 Å². The molecule has 0 spiro atoms. The van der Waals surface area contributed by atoms with E-state index in [0.717, 1.165) is 0 Å². The molecule has 1 heterocycles. The lowest BCUT2D eigenvalue weighted by Gasteiger charge is -2.20. The summed E-state index contributed by atoms with van der Waals surface area (Å²) in [4.78, 5) is 0. The van der Waals surface area contributed by atoms with E-state index in [2.05, 4.69) is 152 Å². The highest BCUT2D eigenvalue weighted by molar-refractivity contribution is 6.97. The van der Waals surface area contributed by atoms with Crippen LogP contribution in [-0.2, 0) is 0 Å². The normalized spacial score (nSPS) is 11.7. The molecule has 0 saturated carbocycles. The third-order valence-electron chi connectivity index (χ3n) is 7.58. The topological polar surface area (TPSA) is 0 Å². The molecule has 1 aliphatic heterocycles. The van der Waals surface area contributed by atoms with Gasteiger partial charge >= 0.3 is 0 Å². The average Bonchev–Trinajstić information content (AvgIpc) is 3.10. The monoisotopic (exact) mass is 468 g/mol. The number of rotatable bonds is 3. The van der Waals surface area contributed by atoms with Gasteiger partial charge in [-0.25, -0.2) is 0 Å². The molecule has 0 radical (unpaired) electrons. The molecule has 0 aromatic heterocycles. The van der Waals surface area contributed by atoms with E-state index in [9.17, 15) is 0 Å². The van der Waals surface area contributed by atoms with Gasteiger partial charge in [-0.3, -0.25) is 0 Å². The third-order valence-corrected chi connectivity index (χ3v) is 7.58. The molecule has 0 amide bonds. The molecule has 6 aromatic carbocycles. The number of fused-ring (bicyclic) bond motifs is 5. The van der Waals surface area contributed by atoms with Crippen LogP contribution in [0.4, 0.5) is 0 Å². The van der Waals surface area contributed by atoms with Gasteiger partial charge in [0.2, 0.25) is 6.71 Å². The van der Waals surface area contributed by atoms with Gasteiger partial charge in [-0.05, 0) is 44.5 Å². The molecule has 0 bridgehead atoms. The summed E-state index contributed by atoms with van der Waals surface area (Å²) in [5.41, 5.74) is 14.2. The first-order valence-electron chi connectivity index (χ1n) is 12.9. The lowest BCUT2D eigenvalue weighted by molar-refractivity contribution is 1.60. The lowest BCUT2D eigenvalue weighted by atomic mass is 9.35. The van der Waals surface area contributed by atoms with E-state index in [0.29, 0.717) is 0 Å². The van der Waals surface area contributed by atoms with Crippen molar-refractivity contribution in [3.63, 3.8) is 0 Å². The van der Waals surface area contributed by atoms with E-state index in [-0.39, 0.29) is 6.71 Å². The van der Waals surface area contributed by atoms with Crippen molar-refractivity contribution in [1.29, 1.82) is 0 Å². The van der Waals surface area contributed by atoms with Crippen LogP contribution < -0.4 is 16.4 Å². The van der Waals surface area contributed by atoms with Gasteiger partial charge in [0.05, 0.1) is 0 Å². The molecule has 172 valence electrons. The van der Waals surface area contributed by atoms with Crippen LogP contribution in [0.1, 0.15) is 0 Å². The van der Waals surface area contributed by atoms with Gasteiger partial charge in [0.1, 0.15) is 0 Å². The zero-order valence-corrected chi connectivity index (χ0v) is 20.5. The largest absolute Gasteiger partial charge is 0.242 e. The second-order valence-corrected chi connectivity index (χ2v) is 9.73. The van der Waals surface area contributed by atoms with Crippen LogP contribution in [0.15, 0.2) is 152 Å². The Balaban J connectivity index is 1.56. The number of benzene rings is 6. The van der Waals surface area contributed by atoms with E-state index in [1.807, 2.05) is 0 Å². The maximum absolute atomic E-state index is 2.42. The molecule has 0 saturated heterocycles. The van der Waals surface area contributed by atoms with Crippen molar-refractivity contribution < 1.29 is 0 Å². The van der Waals surface area contributed by atoms with Crippen LogP contribution in [0.25, 0.3) is 44.5 Å². The molecular formula is C36H25B. The molecule has 0 N–H and O–H groups in total. The first-order chi connectivity index (χ1) is 18.4. The van der Waals surface area contributed by atoms with Gasteiger partial charge in [0.15, 0.2) is 0 Å². The van der Waals surface area contributed by atoms with E-state index < -0.39 is 0 Å². The van der Waals surface area contributed by atoms with E-state index in [4.69, 9.17) is 0 Å². The summed E-state index contributed by atoms with van der Waals surface area (Å²) in [6.45, 7) is 0.117. The van der Waals surface area contributed by atoms with Crippen LogP contribution in [0.2, 0.25) is 0 Å². The SMILES string of the molecule is c1ccc(B2c3cc(-c4ccccc4)ccc3-c3ccccc3-c3ccc(-c4ccccc4)cc32)cc1. The molecule has 1 heteroatoms. The van der Waals surface area contributed by atoms with Gasteiger partial charge in [-0.2, -0.15) is 0 Å². The van der Waals surface area contributed by atoms with Crippen molar-refractivity contribution in [2.24, 2.45) is 0 Å². The van der Waals surface area contributed by atoms with E-state index >= 15 is 0 Å². The maximum Gasteiger partial charge on any atom is 0.242 e. The maximum atomic E-state index is 2.42. The Bertz CT molecular complexity index is 1590. The highest BCUT2D eigenvalue weighted by atomic mass is 14.2. The second kappa shape index (κ2) is 9.11. The number of hydrogen-bond donors (Lipinski definition) is 0. The van der Waals surface area contributed by atoms with Crippen molar-refractivity contribution in [3.8, 4) is 44.5 Å². The van der Waals surface area contributed by atoms with Crippen LogP contribution in [0.5, 0.6) is 0 Å². The Morgan fingerprint density at radius 1 is 0.297 bits per heavy atom. The van der Waals surface area contributed by atoms with E-state index in [1.165, 1.54) is 60.9 Å². The summed E-state index contributed by atoms with van der Waals surface area (Å²) in [5.74, 6) is 0. The quantitative estimate of drug-likeness (QED) is 0.241. The van der Waals surface area contributed by atoms with Crippen LogP contribution >= 0.6 is 0 Å². The number of hydrogen-bond acceptors (Lipinski definition) is 0. The third kappa shape index (κ3) is 3.81. The first-order valence-corrected chi connectivity index (χ1v) is 12.9. The Hall–Kier alpha value is -4.62. The lowest BCUT2D eigenvalue weighted by Crippen LogP contribution is -2.52. The fraction of sp³-hybridized carbons (Fsp3) is 0. The standard InChI is InChI=1S/C36H25B/c1-4-12-26(13-5-1)28-20-22-33-31-18-10-11-19-32(31)34-23-21-29(27-14-6-2-7-15-27)25-36(34)37(35(33)24-28)30-16-8-3-9-17-30/h1-25H. The first kappa shape index (κ1) is 21.7. The van der Waals surface area contributed by atoms with Gasteiger partial charge < -0.3 is 0 Å². The summed E-state index contributed by atoms with van der Waals surface area (Å²) in [5, 5.41) is 0. The summed E-state index contributed by atoms with van der Waals surface area (Å²) in [7, 11) is 0. The Labute approximate surface area is 219 Å². The molecular weight excluding hydrogens is 443 g/mol. The Morgan fingerprint density at radius 3 is 1.16 bits per heavy atom. The zero-order valence-electron chi connectivity index (χ0n) is 20.5. The minimum absolute atomic E-state index is 0.117. The molecule has 0 fully saturated rings. The Kier molecular flexibility index (Phi) is 5.33. The average molecular weight is 468 g/mol. The minimum atomic E-state index is 0.117. The summed E-state index contributed by atoms with van der Waals surface area (Å²) < 4.78 is 0. The van der Waals surface area contributed by atoms with Crippen molar-refractivity contribution in [3.05, 3.63) is 152 Å². The van der Waals surface area contributed by atoms with Crippen molar-refractivity contribution in [2.45, 2.75) is 0 Å². The second-order valence-electron chi connectivity index (χ2n) is 9.73. The molecule has 0 atom stereocenters. The zero-order chi connectivity index (χ0) is 24.6. The highest BCUT2D eigenvalue weighted by Crippen LogP contribution is 2.35. The van der Waals surface area contributed by atoms with Crippen LogP contribution in [0, 0.1) is 0 Å². The van der Waals surface area contributed by atoms with E-state index in [1.54, 1.807) is 0 Å². The van der Waals surface area contributed by atoms with Gasteiger partial charge in [-0.1, -0.05) is 168 Å². The predicted octanol–water partition coefficient (Wildman–Crippen LogP) is 7.18. The van der Waals surface area contributed by atoms with Crippen molar-refractivity contribution >= 4 is 23.1 Å². The summed E-state index contributed by atoms with van der Waals surface area (Å²) >= 11 is 0. The molecule has 0 unspecified atom stereocenters. The fourth-order valence-electron chi connectivity index (χ4n) is 5.84. The summed E-state index contributed by atoms with van der Waals surface area (Å²) in [6.07, 6.45) is 0. The minimum Gasteiger partial charge on any atom is -0.0686 e. The molecule has 7 rings (SSSR count). The van der Waals surface area contributed by atoms with Crippen molar-refractivity contribution in [1.82, 2.24) is 0 Å². The fourth-order valence-corrected chi connectivity index (χ4v) is 5.84. The van der Waals surface area contributed by atoms with Crippen LogP contribution in [-0.4, -0.2) is 6.71 Å².